The van der Waals surface area contributed by atoms with Crippen molar-refractivity contribution in [3.05, 3.63) is 52.8 Å². The number of pyridine rings is 1. The molecule has 0 amide bonds. The van der Waals surface area contributed by atoms with Crippen LogP contribution < -0.4 is 10.5 Å². The Hall–Kier alpha value is -2.68. The Morgan fingerprint density at radius 3 is 2.70 bits per heavy atom. The van der Waals surface area contributed by atoms with Crippen LogP contribution in [-0.2, 0) is 10.0 Å². The van der Waals surface area contributed by atoms with Crippen LogP contribution in [0.4, 0.5) is 17.1 Å². The highest BCUT2D eigenvalue weighted by molar-refractivity contribution is 7.92. The van der Waals surface area contributed by atoms with Crippen LogP contribution in [0.2, 0.25) is 0 Å². The van der Waals surface area contributed by atoms with Gasteiger partial charge in [0, 0.05) is 24.5 Å². The van der Waals surface area contributed by atoms with E-state index in [0.29, 0.717) is 0 Å². The highest BCUT2D eigenvalue weighted by Gasteiger charge is 2.18. The summed E-state index contributed by atoms with van der Waals surface area (Å²) in [5.41, 5.74) is 5.46. The van der Waals surface area contributed by atoms with Gasteiger partial charge in [-0.05, 0) is 12.1 Å². The molecule has 2 rings (SSSR count). The average Bonchev–Trinajstić information content (AvgIpc) is 2.38. The van der Waals surface area contributed by atoms with Gasteiger partial charge < -0.3 is 5.73 Å². The Kier molecular flexibility index (Phi) is 3.53. The molecular weight excluding hydrogens is 284 g/mol. The van der Waals surface area contributed by atoms with Gasteiger partial charge in [-0.3, -0.25) is 19.8 Å². The SMILES string of the molecule is Nc1ccncc1S(=O)(=O)Nc1cccc([N+](=O)[O-])c1. The number of nitrogens with two attached hydrogens (primary N) is 1. The van der Waals surface area contributed by atoms with Crippen LogP contribution in [0.1, 0.15) is 0 Å². The van der Waals surface area contributed by atoms with Gasteiger partial charge in [-0.25, -0.2) is 8.42 Å². The van der Waals surface area contributed by atoms with Gasteiger partial charge in [0.2, 0.25) is 0 Å². The van der Waals surface area contributed by atoms with Crippen molar-refractivity contribution >= 4 is 27.1 Å². The van der Waals surface area contributed by atoms with E-state index in [1.165, 1.54) is 30.5 Å². The minimum absolute atomic E-state index is 0.0398. The topological polar surface area (TPSA) is 128 Å². The fourth-order valence-corrected chi connectivity index (χ4v) is 2.63. The van der Waals surface area contributed by atoms with Crippen LogP contribution in [-0.4, -0.2) is 18.3 Å². The normalized spacial score (nSPS) is 11.0. The first-order valence-electron chi connectivity index (χ1n) is 5.37. The van der Waals surface area contributed by atoms with Crippen LogP contribution in [0.5, 0.6) is 0 Å². The van der Waals surface area contributed by atoms with Crippen molar-refractivity contribution in [1.82, 2.24) is 4.98 Å². The minimum Gasteiger partial charge on any atom is -0.398 e. The highest BCUT2D eigenvalue weighted by atomic mass is 32.2. The average molecular weight is 294 g/mol. The number of sulfonamides is 1. The third kappa shape index (κ3) is 2.83. The van der Waals surface area contributed by atoms with Crippen LogP contribution >= 0.6 is 0 Å². The first-order valence-corrected chi connectivity index (χ1v) is 6.85. The zero-order valence-corrected chi connectivity index (χ0v) is 10.9. The molecule has 0 aliphatic rings. The van der Waals surface area contributed by atoms with E-state index < -0.39 is 14.9 Å². The predicted molar refractivity (Wildman–Crippen MR) is 72.6 cm³/mol. The van der Waals surface area contributed by atoms with Crippen molar-refractivity contribution < 1.29 is 13.3 Å². The van der Waals surface area contributed by atoms with Crippen LogP contribution in [0.3, 0.4) is 0 Å². The van der Waals surface area contributed by atoms with E-state index in [0.717, 1.165) is 12.3 Å². The summed E-state index contributed by atoms with van der Waals surface area (Å²) in [6.45, 7) is 0. The van der Waals surface area contributed by atoms with Gasteiger partial charge in [0.05, 0.1) is 16.3 Å². The second-order valence-corrected chi connectivity index (χ2v) is 5.48. The highest BCUT2D eigenvalue weighted by Crippen LogP contribution is 2.22. The largest absolute Gasteiger partial charge is 0.398 e. The number of benzene rings is 1. The number of aromatic nitrogens is 1. The summed E-state index contributed by atoms with van der Waals surface area (Å²) in [6.07, 6.45) is 2.47. The lowest BCUT2D eigenvalue weighted by Crippen LogP contribution is -2.15. The molecule has 0 saturated carbocycles. The van der Waals surface area contributed by atoms with Crippen molar-refractivity contribution in [3.63, 3.8) is 0 Å². The Balaban J connectivity index is 2.36. The van der Waals surface area contributed by atoms with E-state index in [-0.39, 0.29) is 22.0 Å². The molecule has 2 aromatic rings. The summed E-state index contributed by atoms with van der Waals surface area (Å²) >= 11 is 0. The van der Waals surface area contributed by atoms with Gasteiger partial charge >= 0.3 is 0 Å². The third-order valence-electron chi connectivity index (χ3n) is 2.42. The molecule has 0 radical (unpaired) electrons. The molecular formula is C11H10N4O4S. The molecule has 9 heteroatoms. The second kappa shape index (κ2) is 5.13. The molecule has 0 saturated heterocycles. The summed E-state index contributed by atoms with van der Waals surface area (Å²) < 4.78 is 26.4. The number of nitro groups is 1. The molecule has 1 aromatic heterocycles. The first-order chi connectivity index (χ1) is 9.40. The molecule has 0 atom stereocenters. The molecule has 8 nitrogen and oxygen atoms in total. The summed E-state index contributed by atoms with van der Waals surface area (Å²) in [4.78, 5) is 13.5. The fourth-order valence-electron chi connectivity index (χ4n) is 1.51. The molecule has 0 unspecified atom stereocenters. The van der Waals surface area contributed by atoms with Crippen molar-refractivity contribution in [3.8, 4) is 0 Å². The maximum atomic E-state index is 12.1. The molecule has 104 valence electrons. The lowest BCUT2D eigenvalue weighted by molar-refractivity contribution is -0.384. The molecule has 1 heterocycles. The second-order valence-electron chi connectivity index (χ2n) is 3.83. The van der Waals surface area contributed by atoms with Crippen molar-refractivity contribution in [1.29, 1.82) is 0 Å². The lowest BCUT2D eigenvalue weighted by atomic mass is 10.3. The number of nitrogen functional groups attached to an aromatic ring is 1. The Morgan fingerprint density at radius 1 is 1.30 bits per heavy atom. The van der Waals surface area contributed by atoms with Gasteiger partial charge in [0.1, 0.15) is 4.90 Å². The van der Waals surface area contributed by atoms with Crippen LogP contribution in [0.25, 0.3) is 0 Å². The molecule has 0 fully saturated rings. The smallest absolute Gasteiger partial charge is 0.271 e. The van der Waals surface area contributed by atoms with Crippen LogP contribution in [0, 0.1) is 10.1 Å². The summed E-state index contributed by atoms with van der Waals surface area (Å²) in [5.74, 6) is 0. The number of non-ortho nitro benzene ring substituents is 1. The number of nitrogens with zero attached hydrogens (tertiary/aromatic N) is 2. The Morgan fingerprint density at radius 2 is 2.05 bits per heavy atom. The molecule has 0 aliphatic heterocycles. The van der Waals surface area contributed by atoms with E-state index in [2.05, 4.69) is 9.71 Å². The number of rotatable bonds is 4. The fraction of sp³-hybridized carbons (Fsp3) is 0. The zero-order chi connectivity index (χ0) is 14.8. The number of nitro benzene ring substituents is 1. The standard InChI is InChI=1S/C11H10N4O4S/c12-10-4-5-13-7-11(10)20(18,19)14-8-2-1-3-9(6-8)15(16)17/h1-7,14H,(H2,12,13). The van der Waals surface area contributed by atoms with Crippen molar-refractivity contribution in [2.45, 2.75) is 4.90 Å². The Labute approximate surface area is 114 Å². The third-order valence-corrected chi connectivity index (χ3v) is 3.84. The maximum Gasteiger partial charge on any atom is 0.271 e. The predicted octanol–water partition coefficient (Wildman–Crippen LogP) is 1.37. The van der Waals surface area contributed by atoms with Gasteiger partial charge in [0.25, 0.3) is 15.7 Å². The van der Waals surface area contributed by atoms with Gasteiger partial charge in [-0.2, -0.15) is 0 Å². The van der Waals surface area contributed by atoms with E-state index in [1.54, 1.807) is 0 Å². The quantitative estimate of drug-likeness (QED) is 0.647. The summed E-state index contributed by atoms with van der Waals surface area (Å²) in [6, 6.07) is 6.50. The molecule has 1 aromatic carbocycles. The summed E-state index contributed by atoms with van der Waals surface area (Å²) in [7, 11) is -3.95. The van der Waals surface area contributed by atoms with Crippen LogP contribution in [0.15, 0.2) is 47.6 Å². The number of hydrogen-bond donors (Lipinski definition) is 2. The number of anilines is 2. The van der Waals surface area contributed by atoms with Crippen molar-refractivity contribution in [2.75, 3.05) is 10.5 Å². The molecule has 20 heavy (non-hydrogen) atoms. The van der Waals surface area contributed by atoms with Gasteiger partial charge in [0.15, 0.2) is 0 Å². The maximum absolute atomic E-state index is 12.1. The Bertz CT molecular complexity index is 761. The lowest BCUT2D eigenvalue weighted by Gasteiger charge is -2.09. The zero-order valence-electron chi connectivity index (χ0n) is 10.1. The molecule has 0 aliphatic carbocycles. The van der Waals surface area contributed by atoms with E-state index in [9.17, 15) is 18.5 Å². The van der Waals surface area contributed by atoms with E-state index in [4.69, 9.17) is 5.73 Å². The van der Waals surface area contributed by atoms with Gasteiger partial charge in [-0.15, -0.1) is 0 Å². The molecule has 0 spiro atoms. The minimum atomic E-state index is -3.95. The monoisotopic (exact) mass is 294 g/mol. The number of hydrogen-bond acceptors (Lipinski definition) is 6. The molecule has 0 bridgehead atoms. The van der Waals surface area contributed by atoms with E-state index in [1.807, 2.05) is 0 Å². The van der Waals surface area contributed by atoms with E-state index >= 15 is 0 Å². The summed E-state index contributed by atoms with van der Waals surface area (Å²) in [5, 5.41) is 10.6. The number of nitrogens with one attached hydrogen (secondary N) is 1. The molecule has 3 N–H and O–H groups in total. The van der Waals surface area contributed by atoms with Gasteiger partial charge in [-0.1, -0.05) is 6.07 Å². The van der Waals surface area contributed by atoms with Crippen molar-refractivity contribution in [2.24, 2.45) is 0 Å². The first kappa shape index (κ1) is 13.7.